The number of sulfone groups is 1. The fourth-order valence-corrected chi connectivity index (χ4v) is 11.6. The molecule has 4 aromatic carbocycles. The van der Waals surface area contributed by atoms with Gasteiger partial charge in [0.05, 0.1) is 54.3 Å². The number of hydrogen-bond acceptors (Lipinski definition) is 20. The molecule has 4 aromatic heterocycles. The Morgan fingerprint density at radius 2 is 1.45 bits per heavy atom. The van der Waals surface area contributed by atoms with Crippen molar-refractivity contribution in [1.82, 2.24) is 43.7 Å². The standard InChI is InChI=1S/C16H18Cl2N2O4.C15H14Cl2F3N3O3.C14H13F3N2O4S.C12H8F3N5O3S/c1-4-23-14(21)12-9-16(3,15(22)24-5-2)20(19-12)13-7-6-10(17)8-11(13)18;1-3-26-13(24)10(17)4-8-5-12(11(18)6-9(8)16)23-15(25)22(14(19)20)7(2)21-23;1-7-11(13(21)19(2)18-7)12(20)9-5-4-8(14(15,16)17)6-10(9)24(3,22)23;1-23-12-16-5-8(15)10-17-11(18-20(10)12)24(21,22)19-9-6(13)3-2-4-7(9)14/h6-8H,4-5,9H2,1-3H3;5-6,10,14H,3-4H2,1-2H3;4-6,18H,1-3H3;2-5,19H,1H3. The number of esters is 3. The Morgan fingerprint density at radius 1 is 0.816 bits per heavy atom. The van der Waals surface area contributed by atoms with E-state index >= 15 is 0 Å². The maximum Gasteiger partial charge on any atom is 0.416 e. The van der Waals surface area contributed by atoms with Crippen molar-refractivity contribution < 1.29 is 94.5 Å². The lowest BCUT2D eigenvalue weighted by Gasteiger charge is -2.32. The number of ether oxygens (including phenoxy) is 4. The summed E-state index contributed by atoms with van der Waals surface area (Å²) in [5.41, 5.74) is -5.86. The second-order valence-electron chi connectivity index (χ2n) is 20.3. The smallest absolute Gasteiger partial charge is 0.416 e. The molecule has 1 aliphatic rings. The molecular formula is C57H53Cl4F9N12O14S2. The number of hydrazone groups is 1. The highest BCUT2D eigenvalue weighted by molar-refractivity contribution is 7.92. The van der Waals surface area contributed by atoms with Crippen LogP contribution in [0.15, 0.2) is 97.7 Å². The highest BCUT2D eigenvalue weighted by atomic mass is 35.5. The number of para-hydroxylation sites is 1. The molecule has 26 nitrogen and oxygen atoms in total. The van der Waals surface area contributed by atoms with E-state index < -0.39 is 134 Å². The van der Waals surface area contributed by atoms with Crippen molar-refractivity contribution in [1.29, 1.82) is 0 Å². The zero-order valence-corrected chi connectivity index (χ0v) is 56.7. The molecule has 0 spiro atoms. The van der Waals surface area contributed by atoms with E-state index in [-0.39, 0.29) is 82.3 Å². The fraction of sp³-hybridized carbons (Fsp3) is 0.316. The minimum atomic E-state index is -4.76. The number of nitrogens with zero attached hydrogens (tertiary/aromatic N) is 10. The van der Waals surface area contributed by atoms with Crippen LogP contribution in [0, 0.1) is 37.1 Å². The molecule has 2 atom stereocenters. The van der Waals surface area contributed by atoms with Crippen molar-refractivity contribution in [2.45, 2.75) is 88.1 Å². The Labute approximate surface area is 568 Å². The van der Waals surface area contributed by atoms with Crippen molar-refractivity contribution in [2.24, 2.45) is 12.1 Å². The third-order valence-electron chi connectivity index (χ3n) is 13.3. The van der Waals surface area contributed by atoms with E-state index in [1.165, 1.54) is 33.0 Å². The monoisotopic (exact) mass is 1500 g/mol. The van der Waals surface area contributed by atoms with Crippen molar-refractivity contribution in [3.8, 4) is 11.7 Å². The molecule has 0 bridgehead atoms. The summed E-state index contributed by atoms with van der Waals surface area (Å²) in [6.07, 6.45) is -3.36. The minimum Gasteiger partial charge on any atom is -0.467 e. The number of sulfonamides is 1. The van der Waals surface area contributed by atoms with Gasteiger partial charge >= 0.3 is 42.3 Å². The number of carbonyl (C=O) groups is 4. The zero-order chi connectivity index (χ0) is 73.4. The molecule has 2 unspecified atom stereocenters. The summed E-state index contributed by atoms with van der Waals surface area (Å²) in [4.78, 5) is 79.1. The number of aromatic nitrogens is 9. The van der Waals surface area contributed by atoms with Gasteiger partial charge in [0.25, 0.3) is 20.7 Å². The Kier molecular flexibility index (Phi) is 25.2. The van der Waals surface area contributed by atoms with Gasteiger partial charge in [-0.05, 0) is 108 Å². The van der Waals surface area contributed by atoms with Gasteiger partial charge in [-0.1, -0.05) is 40.9 Å². The number of aromatic amines is 1. The number of ketones is 1. The molecule has 0 amide bonds. The molecule has 0 saturated carbocycles. The van der Waals surface area contributed by atoms with Crippen molar-refractivity contribution >= 4 is 113 Å². The highest BCUT2D eigenvalue weighted by Crippen LogP contribution is 2.40. The fourth-order valence-electron chi connectivity index (χ4n) is 8.79. The van der Waals surface area contributed by atoms with Crippen LogP contribution in [0.5, 0.6) is 6.01 Å². The zero-order valence-electron chi connectivity index (χ0n) is 52.0. The minimum absolute atomic E-state index is 0.0424. The van der Waals surface area contributed by atoms with Crippen LogP contribution < -0.4 is 25.7 Å². The number of aryl methyl sites for hydroxylation is 3. The third-order valence-corrected chi connectivity index (χ3v) is 16.8. The Balaban J connectivity index is 0.000000206. The normalized spacial score (nSPS) is 14.1. The molecule has 0 aliphatic carbocycles. The quantitative estimate of drug-likeness (QED) is 0.0265. The van der Waals surface area contributed by atoms with Gasteiger partial charge in [0.1, 0.15) is 45.5 Å². The maximum absolute atomic E-state index is 14.2. The number of carbonyl (C=O) groups excluding carboxylic acids is 4. The number of halogens is 13. The average Bonchev–Trinajstić information content (AvgIpc) is 1.56. The first-order chi connectivity index (χ1) is 45.7. The summed E-state index contributed by atoms with van der Waals surface area (Å²) in [6.45, 7) is 6.72. The molecular weight excluding hydrogens is 1450 g/mol. The van der Waals surface area contributed by atoms with Crippen LogP contribution in [-0.2, 0) is 68.1 Å². The van der Waals surface area contributed by atoms with Crippen molar-refractivity contribution in [2.75, 3.05) is 42.9 Å². The van der Waals surface area contributed by atoms with Gasteiger partial charge in [0.15, 0.2) is 32.7 Å². The summed E-state index contributed by atoms with van der Waals surface area (Å²) in [5, 5.41) is 14.2. The first-order valence-corrected chi connectivity index (χ1v) is 32.7. The highest BCUT2D eigenvalue weighted by Gasteiger charge is 2.50. The molecule has 2 N–H and O–H groups in total. The Morgan fingerprint density at radius 3 is 1.99 bits per heavy atom. The second-order valence-corrected chi connectivity index (χ2v) is 25.6. The summed E-state index contributed by atoms with van der Waals surface area (Å²) >= 11 is 24.1. The summed E-state index contributed by atoms with van der Waals surface area (Å²) in [7, 11) is -6.14. The lowest BCUT2D eigenvalue weighted by atomic mass is 9.95. The number of rotatable bonds is 18. The number of hydrogen-bond donors (Lipinski definition) is 2. The Bertz CT molecular complexity index is 4760. The number of anilines is 2. The first kappa shape index (κ1) is 78.0. The molecule has 0 fully saturated rings. The van der Waals surface area contributed by atoms with E-state index in [0.717, 1.165) is 47.3 Å². The van der Waals surface area contributed by atoms with Gasteiger partial charge in [-0.2, -0.15) is 49.7 Å². The number of alkyl halides is 6. The molecule has 528 valence electrons. The van der Waals surface area contributed by atoms with Crippen LogP contribution in [0.1, 0.15) is 79.2 Å². The lowest BCUT2D eigenvalue weighted by molar-refractivity contribution is -0.148. The first-order valence-electron chi connectivity index (χ1n) is 27.7. The number of fused-ring (bicyclic) bond motifs is 1. The predicted molar refractivity (Wildman–Crippen MR) is 335 cm³/mol. The molecule has 0 radical (unpaired) electrons. The molecule has 9 rings (SSSR count). The van der Waals surface area contributed by atoms with Crippen LogP contribution in [0.25, 0.3) is 11.3 Å². The summed E-state index contributed by atoms with van der Waals surface area (Å²) < 4.78 is 191. The van der Waals surface area contributed by atoms with Crippen molar-refractivity contribution in [3.05, 3.63) is 166 Å². The molecule has 0 saturated heterocycles. The van der Waals surface area contributed by atoms with Crippen LogP contribution in [0.3, 0.4) is 0 Å². The topological polar surface area (TPSA) is 322 Å². The van der Waals surface area contributed by atoms with E-state index in [9.17, 15) is 85.1 Å². The van der Waals surface area contributed by atoms with Crippen molar-refractivity contribution in [3.63, 3.8) is 0 Å². The molecule has 41 heteroatoms. The number of benzene rings is 4. The van der Waals surface area contributed by atoms with Gasteiger partial charge in [-0.3, -0.25) is 28.9 Å². The largest absolute Gasteiger partial charge is 0.467 e. The predicted octanol–water partition coefficient (Wildman–Crippen LogP) is 9.71. The summed E-state index contributed by atoms with van der Waals surface area (Å²) in [6, 6.07) is 11.2. The Hall–Kier alpha value is -9.04. The van der Waals surface area contributed by atoms with Gasteiger partial charge in [0.2, 0.25) is 5.78 Å². The SMILES string of the molecule is CCOC(=O)C(Cl)Cc1cc(-n2nc(C)n(C(F)F)c2=O)c(F)cc1Cl.CCOC(=O)C1=NN(c2ccc(Cl)cc2Cl)C(C)(C(=O)OCC)C1.COc1ncc(F)c2nc(S(=O)(=O)Nc3c(F)cccc3F)nn12.Cc1[nH]n(C)c(=O)c1C(=O)c1ccc(C(F)(F)F)cc1S(C)(=O)=O. The van der Waals surface area contributed by atoms with E-state index in [1.807, 2.05) is 0 Å². The lowest BCUT2D eigenvalue weighted by Crippen LogP contribution is -2.48. The van der Waals surface area contributed by atoms with Crippen LogP contribution in [0.4, 0.5) is 50.9 Å². The number of H-pyrrole nitrogens is 1. The molecule has 1 aliphatic heterocycles. The number of methoxy groups -OCH3 is 1. The molecule has 5 heterocycles. The van der Waals surface area contributed by atoms with Gasteiger partial charge in [-0.15, -0.1) is 21.8 Å². The third kappa shape index (κ3) is 17.6. The van der Waals surface area contributed by atoms with Gasteiger partial charge < -0.3 is 18.9 Å². The van der Waals surface area contributed by atoms with E-state index in [2.05, 4.69) is 30.4 Å². The maximum atomic E-state index is 14.2. The molecule has 98 heavy (non-hydrogen) atoms. The summed E-state index contributed by atoms with van der Waals surface area (Å²) in [5.74, 6) is -7.17. The van der Waals surface area contributed by atoms with Crippen LogP contribution >= 0.6 is 46.4 Å². The average molecular weight is 1510 g/mol. The van der Waals surface area contributed by atoms with Crippen LogP contribution in [0.2, 0.25) is 15.1 Å². The van der Waals surface area contributed by atoms with E-state index in [1.54, 1.807) is 50.6 Å². The molecule has 8 aromatic rings. The van der Waals surface area contributed by atoms with Gasteiger partial charge in [0, 0.05) is 47.4 Å². The van der Waals surface area contributed by atoms with Crippen LogP contribution in [-0.4, -0.2) is 134 Å². The number of nitrogens with one attached hydrogen (secondary N) is 2. The van der Waals surface area contributed by atoms with E-state index in [0.29, 0.717) is 43.3 Å². The second kappa shape index (κ2) is 31.7. The van der Waals surface area contributed by atoms with Gasteiger partial charge in [-0.25, -0.2) is 54.9 Å². The van der Waals surface area contributed by atoms with E-state index in [4.69, 9.17) is 65.4 Å².